The van der Waals surface area contributed by atoms with Crippen LogP contribution in [-0.2, 0) is 23.7 Å². The number of nitrogens with zero attached hydrogens (tertiary/aromatic N) is 1. The Kier molecular flexibility index (Phi) is 22.1. The van der Waals surface area contributed by atoms with Crippen molar-refractivity contribution in [3.05, 3.63) is 0 Å². The summed E-state index contributed by atoms with van der Waals surface area (Å²) in [5.41, 5.74) is -0.960. The lowest BCUT2D eigenvalue weighted by Gasteiger charge is -2.35. The zero-order chi connectivity index (χ0) is 25.7. The normalized spacial score (nSPS) is 14.4. The minimum absolute atomic E-state index is 0.147. The molecule has 0 aliphatic rings. The SMILES string of the molecule is CCCOC(CC)N(CCPC(C)(OCCC)OCCC)CCPC(C)(OCCC)OCCC. The third-order valence-corrected chi connectivity index (χ3v) is 8.10. The summed E-state index contributed by atoms with van der Waals surface area (Å²) in [7, 11) is 1.18. The minimum Gasteiger partial charge on any atom is -0.363 e. The van der Waals surface area contributed by atoms with E-state index in [-0.39, 0.29) is 6.23 Å². The van der Waals surface area contributed by atoms with Crippen LogP contribution < -0.4 is 0 Å². The van der Waals surface area contributed by atoms with Crippen molar-refractivity contribution in [2.75, 3.05) is 58.4 Å². The standard InChI is InChI=1S/C26H57NO5P2/c1-9-17-28-24(14-6)27(15-22-33-25(7,29-18-10-2)30-19-11-3)16-23-34-26(8,31-20-12-4)32-21-13-5/h24,33-34H,9-23H2,1-8H3. The smallest absolute Gasteiger partial charge is 0.180 e. The molecule has 0 aliphatic heterocycles. The summed E-state index contributed by atoms with van der Waals surface area (Å²) in [6.07, 6.45) is 8.26. The second-order valence-corrected chi connectivity index (χ2v) is 12.4. The molecule has 0 amide bonds. The fraction of sp³-hybridized carbons (Fsp3) is 1.00. The van der Waals surface area contributed by atoms with E-state index < -0.39 is 11.1 Å². The van der Waals surface area contributed by atoms with Crippen molar-refractivity contribution in [2.24, 2.45) is 0 Å². The molecule has 0 spiro atoms. The molecule has 0 aromatic rings. The Morgan fingerprint density at radius 1 is 0.588 bits per heavy atom. The monoisotopic (exact) mass is 525 g/mol. The Morgan fingerprint density at radius 2 is 0.941 bits per heavy atom. The highest BCUT2D eigenvalue weighted by Crippen LogP contribution is 2.36. The molecule has 0 saturated heterocycles. The van der Waals surface area contributed by atoms with Crippen molar-refractivity contribution in [3.8, 4) is 0 Å². The molecule has 3 unspecified atom stereocenters. The minimum atomic E-state index is -0.480. The molecule has 3 atom stereocenters. The highest BCUT2D eigenvalue weighted by molar-refractivity contribution is 7.39. The second kappa shape index (κ2) is 21.7. The van der Waals surface area contributed by atoms with Crippen LogP contribution in [0, 0.1) is 0 Å². The molecule has 206 valence electrons. The van der Waals surface area contributed by atoms with E-state index in [9.17, 15) is 0 Å². The Balaban J connectivity index is 5.08. The zero-order valence-corrected chi connectivity index (χ0v) is 25.7. The Morgan fingerprint density at radius 3 is 1.24 bits per heavy atom. The molecule has 0 N–H and O–H groups in total. The first-order valence-electron chi connectivity index (χ1n) is 13.7. The van der Waals surface area contributed by atoms with Crippen molar-refractivity contribution >= 4 is 17.2 Å². The lowest BCUT2D eigenvalue weighted by atomic mass is 10.3. The van der Waals surface area contributed by atoms with Gasteiger partial charge >= 0.3 is 0 Å². The first-order valence-corrected chi connectivity index (χ1v) is 16.2. The maximum Gasteiger partial charge on any atom is 0.180 e. The molecule has 0 aromatic heterocycles. The van der Waals surface area contributed by atoms with E-state index in [0.717, 1.165) is 97.0 Å². The van der Waals surface area contributed by atoms with Crippen molar-refractivity contribution in [1.29, 1.82) is 0 Å². The summed E-state index contributed by atoms with van der Waals surface area (Å²) in [6.45, 7) is 22.9. The molecular weight excluding hydrogens is 468 g/mol. The van der Waals surface area contributed by atoms with Crippen LogP contribution >= 0.6 is 17.2 Å². The van der Waals surface area contributed by atoms with Crippen molar-refractivity contribution in [2.45, 2.75) is 111 Å². The number of rotatable bonds is 25. The predicted octanol–water partition coefficient (Wildman–Crippen LogP) is 6.86. The number of hydrogen-bond donors (Lipinski definition) is 0. The highest BCUT2D eigenvalue weighted by atomic mass is 31.1. The van der Waals surface area contributed by atoms with Crippen LogP contribution in [-0.4, -0.2) is 80.6 Å². The van der Waals surface area contributed by atoms with E-state index in [1.165, 1.54) is 0 Å². The molecule has 8 heteroatoms. The molecule has 6 nitrogen and oxygen atoms in total. The van der Waals surface area contributed by atoms with E-state index in [4.69, 9.17) is 23.7 Å². The van der Waals surface area contributed by atoms with Gasteiger partial charge < -0.3 is 23.7 Å². The molecule has 0 aromatic carbocycles. The van der Waals surface area contributed by atoms with Gasteiger partial charge in [-0.25, -0.2) is 0 Å². The van der Waals surface area contributed by atoms with E-state index in [1.54, 1.807) is 0 Å². The highest BCUT2D eigenvalue weighted by Gasteiger charge is 2.28. The third-order valence-electron chi connectivity index (χ3n) is 5.29. The summed E-state index contributed by atoms with van der Waals surface area (Å²) in [4.78, 5) is 2.51. The van der Waals surface area contributed by atoms with Crippen LogP contribution in [0.15, 0.2) is 0 Å². The van der Waals surface area contributed by atoms with Gasteiger partial charge in [0.1, 0.15) is 6.23 Å². The largest absolute Gasteiger partial charge is 0.363 e. The summed E-state index contributed by atoms with van der Waals surface area (Å²) >= 11 is 0. The van der Waals surface area contributed by atoms with Crippen LogP contribution in [0.1, 0.15) is 93.9 Å². The van der Waals surface area contributed by atoms with Gasteiger partial charge in [0, 0.05) is 19.7 Å². The first-order chi connectivity index (χ1) is 16.3. The summed E-state index contributed by atoms with van der Waals surface area (Å²) in [5.74, 6) is 0. The molecule has 0 rings (SSSR count). The van der Waals surface area contributed by atoms with Gasteiger partial charge in [-0.2, -0.15) is 0 Å². The van der Waals surface area contributed by atoms with E-state index in [1.807, 2.05) is 0 Å². The van der Waals surface area contributed by atoms with Gasteiger partial charge in [0.2, 0.25) is 0 Å². The predicted molar refractivity (Wildman–Crippen MR) is 150 cm³/mol. The van der Waals surface area contributed by atoms with Gasteiger partial charge in [0.25, 0.3) is 0 Å². The summed E-state index contributed by atoms with van der Waals surface area (Å²) < 4.78 is 30.7. The van der Waals surface area contributed by atoms with Crippen LogP contribution in [0.3, 0.4) is 0 Å². The summed E-state index contributed by atoms with van der Waals surface area (Å²) in [6, 6.07) is 0. The number of hydrogen-bond acceptors (Lipinski definition) is 6. The molecular formula is C26H57NO5P2. The van der Waals surface area contributed by atoms with Crippen LogP contribution in [0.5, 0.6) is 0 Å². The molecule has 0 aliphatic carbocycles. The first kappa shape index (κ1) is 34.6. The maximum absolute atomic E-state index is 6.23. The van der Waals surface area contributed by atoms with Crippen molar-refractivity contribution in [3.63, 3.8) is 0 Å². The maximum atomic E-state index is 6.23. The Hall–Kier alpha value is 0.620. The van der Waals surface area contributed by atoms with Gasteiger partial charge in [-0.15, -0.1) is 0 Å². The van der Waals surface area contributed by atoms with Crippen molar-refractivity contribution < 1.29 is 23.7 Å². The Bertz CT molecular complexity index is 411. The van der Waals surface area contributed by atoms with Crippen LogP contribution in [0.2, 0.25) is 0 Å². The average molecular weight is 526 g/mol. The van der Waals surface area contributed by atoms with E-state index >= 15 is 0 Å². The zero-order valence-electron chi connectivity index (χ0n) is 23.7. The molecule has 34 heavy (non-hydrogen) atoms. The molecule has 0 saturated carbocycles. The Labute approximate surface area is 215 Å². The molecule has 0 radical (unpaired) electrons. The number of ether oxygens (including phenoxy) is 5. The van der Waals surface area contributed by atoms with E-state index in [0.29, 0.717) is 17.2 Å². The average Bonchev–Trinajstić information content (AvgIpc) is 2.84. The van der Waals surface area contributed by atoms with Crippen molar-refractivity contribution in [1.82, 2.24) is 4.90 Å². The lowest BCUT2D eigenvalue weighted by molar-refractivity contribution is -0.162. The van der Waals surface area contributed by atoms with Gasteiger partial charge in [-0.05, 0) is 64.7 Å². The van der Waals surface area contributed by atoms with Gasteiger partial charge in [0.15, 0.2) is 11.1 Å². The fourth-order valence-corrected chi connectivity index (χ4v) is 5.99. The van der Waals surface area contributed by atoms with Crippen LogP contribution in [0.25, 0.3) is 0 Å². The van der Waals surface area contributed by atoms with Gasteiger partial charge in [-0.3, -0.25) is 4.90 Å². The molecule has 0 fully saturated rings. The molecule has 0 bridgehead atoms. The van der Waals surface area contributed by atoms with E-state index in [2.05, 4.69) is 60.3 Å². The second-order valence-electron chi connectivity index (χ2n) is 8.91. The quantitative estimate of drug-likeness (QED) is 0.0959. The van der Waals surface area contributed by atoms with Gasteiger partial charge in [-0.1, -0.05) is 58.7 Å². The topological polar surface area (TPSA) is 49.4 Å². The molecule has 0 heterocycles. The van der Waals surface area contributed by atoms with Crippen LogP contribution in [0.4, 0.5) is 0 Å². The fourth-order valence-electron chi connectivity index (χ4n) is 3.46. The van der Waals surface area contributed by atoms with Gasteiger partial charge in [0.05, 0.1) is 26.4 Å². The third kappa shape index (κ3) is 16.4. The summed E-state index contributed by atoms with van der Waals surface area (Å²) in [5, 5.41) is 0. The lowest BCUT2D eigenvalue weighted by Crippen LogP contribution is -2.41.